The minimum atomic E-state index is -0.891. The van der Waals surface area contributed by atoms with E-state index in [0.717, 1.165) is 16.7 Å². The Morgan fingerprint density at radius 2 is 1.70 bits per heavy atom. The topological polar surface area (TPSA) is 67.8 Å². The lowest BCUT2D eigenvalue weighted by atomic mass is 9.98. The summed E-state index contributed by atoms with van der Waals surface area (Å²) in [6, 6.07) is 12.9. The number of carboxylic acids is 1. The van der Waals surface area contributed by atoms with E-state index in [1.807, 2.05) is 42.5 Å². The summed E-state index contributed by atoms with van der Waals surface area (Å²) in [5, 5.41) is 12.0. The van der Waals surface area contributed by atoms with Crippen LogP contribution in [0.15, 0.2) is 42.5 Å². The van der Waals surface area contributed by atoms with E-state index in [2.05, 4.69) is 5.32 Å². The van der Waals surface area contributed by atoms with Gasteiger partial charge in [0.1, 0.15) is 17.5 Å². The second kappa shape index (κ2) is 7.65. The van der Waals surface area contributed by atoms with Gasteiger partial charge in [-0.15, -0.1) is 0 Å². The van der Waals surface area contributed by atoms with Crippen LogP contribution in [-0.2, 0) is 11.2 Å². The van der Waals surface area contributed by atoms with E-state index in [4.69, 9.17) is 9.47 Å². The minimum Gasteiger partial charge on any atom is -0.496 e. The molecule has 0 spiro atoms. The van der Waals surface area contributed by atoms with Crippen molar-refractivity contribution in [2.75, 3.05) is 21.3 Å². The van der Waals surface area contributed by atoms with Gasteiger partial charge >= 0.3 is 5.97 Å². The number of hydrogen-bond donors (Lipinski definition) is 2. The number of hydrogen-bond acceptors (Lipinski definition) is 4. The first kappa shape index (κ1) is 16.8. The van der Waals surface area contributed by atoms with E-state index in [0.29, 0.717) is 17.9 Å². The fourth-order valence-electron chi connectivity index (χ4n) is 2.52. The van der Waals surface area contributed by atoms with Crippen LogP contribution in [0.3, 0.4) is 0 Å². The molecule has 5 nitrogen and oxygen atoms in total. The molecule has 0 saturated carbocycles. The van der Waals surface area contributed by atoms with Crippen molar-refractivity contribution in [1.82, 2.24) is 5.32 Å². The molecule has 122 valence electrons. The van der Waals surface area contributed by atoms with E-state index in [1.165, 1.54) is 0 Å². The van der Waals surface area contributed by atoms with Crippen LogP contribution < -0.4 is 14.8 Å². The lowest BCUT2D eigenvalue weighted by molar-refractivity contribution is -0.139. The zero-order valence-electron chi connectivity index (χ0n) is 13.5. The number of carbonyl (C=O) groups is 1. The number of carboxylic acid groups (broad SMARTS) is 1. The SMILES string of the molecule is CN[C@@H](Cc1cc(OC)c(-c2ccccc2)c(OC)c1)C(=O)O. The predicted octanol–water partition coefficient (Wildman–Crippen LogP) is 2.59. The first-order valence-electron chi connectivity index (χ1n) is 7.31. The second-order valence-electron chi connectivity index (χ2n) is 5.12. The zero-order valence-corrected chi connectivity index (χ0v) is 13.5. The van der Waals surface area contributed by atoms with Crippen molar-refractivity contribution in [1.29, 1.82) is 0 Å². The third-order valence-corrected chi connectivity index (χ3v) is 3.71. The van der Waals surface area contributed by atoms with E-state index < -0.39 is 12.0 Å². The average molecular weight is 315 g/mol. The third kappa shape index (κ3) is 3.81. The van der Waals surface area contributed by atoms with Crippen molar-refractivity contribution in [2.45, 2.75) is 12.5 Å². The van der Waals surface area contributed by atoms with Gasteiger partial charge in [-0.1, -0.05) is 30.3 Å². The molecule has 0 aromatic heterocycles. The Morgan fingerprint density at radius 3 is 2.13 bits per heavy atom. The molecule has 0 bridgehead atoms. The van der Waals surface area contributed by atoms with Gasteiger partial charge in [0.15, 0.2) is 0 Å². The molecule has 0 radical (unpaired) electrons. The molecule has 0 unspecified atom stereocenters. The Bertz CT molecular complexity index is 645. The van der Waals surface area contributed by atoms with Gasteiger partial charge in [-0.25, -0.2) is 0 Å². The van der Waals surface area contributed by atoms with Crippen LogP contribution in [0.4, 0.5) is 0 Å². The largest absolute Gasteiger partial charge is 0.496 e. The van der Waals surface area contributed by atoms with Crippen LogP contribution in [0.2, 0.25) is 0 Å². The molecule has 0 amide bonds. The Morgan fingerprint density at radius 1 is 1.13 bits per heavy atom. The highest BCUT2D eigenvalue weighted by molar-refractivity contribution is 5.78. The molecule has 2 N–H and O–H groups in total. The first-order chi connectivity index (χ1) is 11.1. The summed E-state index contributed by atoms with van der Waals surface area (Å²) >= 11 is 0. The molecule has 5 heteroatoms. The van der Waals surface area contributed by atoms with Crippen LogP contribution in [0, 0.1) is 0 Å². The average Bonchev–Trinajstić information content (AvgIpc) is 2.59. The lowest BCUT2D eigenvalue weighted by Crippen LogP contribution is -2.35. The maximum absolute atomic E-state index is 11.2. The van der Waals surface area contributed by atoms with E-state index in [1.54, 1.807) is 21.3 Å². The summed E-state index contributed by atoms with van der Waals surface area (Å²) in [7, 11) is 4.82. The highest BCUT2D eigenvalue weighted by Gasteiger charge is 2.19. The number of rotatable bonds is 7. The molecule has 23 heavy (non-hydrogen) atoms. The molecular formula is C18H21NO4. The fraction of sp³-hybridized carbons (Fsp3) is 0.278. The first-order valence-corrected chi connectivity index (χ1v) is 7.31. The predicted molar refractivity (Wildman–Crippen MR) is 89.2 cm³/mol. The van der Waals surface area contributed by atoms with Crippen molar-refractivity contribution in [3.05, 3.63) is 48.0 Å². The lowest BCUT2D eigenvalue weighted by Gasteiger charge is -2.17. The molecule has 0 aliphatic carbocycles. The Hall–Kier alpha value is -2.53. The summed E-state index contributed by atoms with van der Waals surface area (Å²) in [5.74, 6) is 0.425. The highest BCUT2D eigenvalue weighted by Crippen LogP contribution is 2.39. The minimum absolute atomic E-state index is 0.341. The number of nitrogens with one attached hydrogen (secondary N) is 1. The quantitative estimate of drug-likeness (QED) is 0.822. The summed E-state index contributed by atoms with van der Waals surface area (Å²) in [4.78, 5) is 11.2. The van der Waals surface area contributed by atoms with Crippen molar-refractivity contribution in [3.8, 4) is 22.6 Å². The highest BCUT2D eigenvalue weighted by atomic mass is 16.5. The van der Waals surface area contributed by atoms with Crippen LogP contribution in [0.25, 0.3) is 11.1 Å². The summed E-state index contributed by atoms with van der Waals surface area (Å²) < 4.78 is 11.0. The summed E-state index contributed by atoms with van der Waals surface area (Å²) in [6.07, 6.45) is 0.341. The molecule has 1 atom stereocenters. The van der Waals surface area contributed by atoms with Crippen LogP contribution in [0.1, 0.15) is 5.56 Å². The van der Waals surface area contributed by atoms with Gasteiger partial charge in [0.2, 0.25) is 0 Å². The van der Waals surface area contributed by atoms with Crippen molar-refractivity contribution in [2.24, 2.45) is 0 Å². The van der Waals surface area contributed by atoms with E-state index in [9.17, 15) is 9.90 Å². The standard InChI is InChI=1S/C18H21NO4/c1-19-14(18(20)21)9-12-10-15(22-2)17(16(11-12)23-3)13-7-5-4-6-8-13/h4-8,10-11,14,19H,9H2,1-3H3,(H,20,21)/t14-/m0/s1. The second-order valence-corrected chi connectivity index (χ2v) is 5.12. The van der Waals surface area contributed by atoms with Gasteiger partial charge < -0.3 is 19.9 Å². The van der Waals surface area contributed by atoms with Gasteiger partial charge in [-0.2, -0.15) is 0 Å². The normalized spacial score (nSPS) is 11.8. The summed E-state index contributed by atoms with van der Waals surface area (Å²) in [6.45, 7) is 0. The maximum atomic E-state index is 11.2. The molecule has 0 heterocycles. The summed E-state index contributed by atoms with van der Waals surface area (Å²) in [5.41, 5.74) is 2.67. The molecule has 0 aliphatic heterocycles. The van der Waals surface area contributed by atoms with Crippen molar-refractivity contribution < 1.29 is 19.4 Å². The number of benzene rings is 2. The Kier molecular flexibility index (Phi) is 5.60. The number of aliphatic carboxylic acids is 1. The van der Waals surface area contributed by atoms with Gasteiger partial charge in [-0.05, 0) is 36.7 Å². The van der Waals surface area contributed by atoms with Crippen LogP contribution in [0.5, 0.6) is 11.5 Å². The monoisotopic (exact) mass is 315 g/mol. The van der Waals surface area contributed by atoms with Crippen molar-refractivity contribution >= 4 is 5.97 Å². The maximum Gasteiger partial charge on any atom is 0.321 e. The van der Waals surface area contributed by atoms with Gasteiger partial charge in [0.25, 0.3) is 0 Å². The fourth-order valence-corrected chi connectivity index (χ4v) is 2.52. The molecule has 0 saturated heterocycles. The molecule has 2 aromatic carbocycles. The molecule has 2 rings (SSSR count). The van der Waals surface area contributed by atoms with Gasteiger partial charge in [0, 0.05) is 0 Å². The number of likely N-dealkylation sites (N-methyl/N-ethyl adjacent to an activating group) is 1. The van der Waals surface area contributed by atoms with Gasteiger partial charge in [-0.3, -0.25) is 4.79 Å². The Balaban J connectivity index is 2.48. The number of methoxy groups -OCH3 is 2. The van der Waals surface area contributed by atoms with Crippen LogP contribution >= 0.6 is 0 Å². The number of ether oxygens (including phenoxy) is 2. The zero-order chi connectivity index (χ0) is 16.8. The van der Waals surface area contributed by atoms with Crippen molar-refractivity contribution in [3.63, 3.8) is 0 Å². The third-order valence-electron chi connectivity index (χ3n) is 3.71. The smallest absolute Gasteiger partial charge is 0.321 e. The van der Waals surface area contributed by atoms with E-state index >= 15 is 0 Å². The molecule has 0 fully saturated rings. The molecule has 2 aromatic rings. The molecular weight excluding hydrogens is 294 g/mol. The molecule has 0 aliphatic rings. The van der Waals surface area contributed by atoms with Gasteiger partial charge in [0.05, 0.1) is 19.8 Å². The Labute approximate surface area is 135 Å². The van der Waals surface area contributed by atoms with E-state index in [-0.39, 0.29) is 0 Å². The van der Waals surface area contributed by atoms with Crippen LogP contribution in [-0.4, -0.2) is 38.4 Å².